The largest absolute Gasteiger partial charge is 0.493 e. The Balaban J connectivity index is 1.31. The molecule has 5 rings (SSSR count). The SMILES string of the molecule is COc1ccc(CNC(=O)[C@H]2C[C@@H](C(=O)Nc3ccc4c(c3)CCC4)CN(Cc3ccc(OC)c(OC)c3)C2)cc1OC. The molecule has 1 aliphatic heterocycles. The van der Waals surface area contributed by atoms with Gasteiger partial charge in [0.05, 0.1) is 40.3 Å². The van der Waals surface area contributed by atoms with Crippen molar-refractivity contribution in [3.63, 3.8) is 0 Å². The zero-order valence-electron chi connectivity index (χ0n) is 25.4. The molecule has 0 unspecified atom stereocenters. The molecule has 2 aliphatic rings. The number of aryl methyl sites for hydroxylation is 2. The number of methoxy groups -OCH3 is 4. The minimum Gasteiger partial charge on any atom is -0.493 e. The monoisotopic (exact) mass is 587 g/mol. The lowest BCUT2D eigenvalue weighted by Gasteiger charge is -2.36. The lowest BCUT2D eigenvalue weighted by Crippen LogP contribution is -2.48. The number of hydrogen-bond acceptors (Lipinski definition) is 7. The molecule has 1 heterocycles. The van der Waals surface area contributed by atoms with Crippen LogP contribution in [0.4, 0.5) is 5.69 Å². The van der Waals surface area contributed by atoms with Crippen LogP contribution in [-0.2, 0) is 35.5 Å². The molecular formula is C34H41N3O6. The van der Waals surface area contributed by atoms with Gasteiger partial charge in [0.2, 0.25) is 11.8 Å². The van der Waals surface area contributed by atoms with Crippen LogP contribution >= 0.6 is 0 Å². The van der Waals surface area contributed by atoms with Gasteiger partial charge in [-0.2, -0.15) is 0 Å². The maximum absolute atomic E-state index is 13.6. The third-order valence-electron chi connectivity index (χ3n) is 8.40. The highest BCUT2D eigenvalue weighted by atomic mass is 16.5. The van der Waals surface area contributed by atoms with E-state index < -0.39 is 0 Å². The molecule has 0 spiro atoms. The number of nitrogens with one attached hydrogen (secondary N) is 2. The summed E-state index contributed by atoms with van der Waals surface area (Å²) in [5, 5.41) is 6.22. The van der Waals surface area contributed by atoms with Crippen molar-refractivity contribution < 1.29 is 28.5 Å². The van der Waals surface area contributed by atoms with Gasteiger partial charge in [0.1, 0.15) is 0 Å². The van der Waals surface area contributed by atoms with E-state index in [2.05, 4.69) is 27.7 Å². The number of likely N-dealkylation sites (tertiary alicyclic amines) is 1. The number of fused-ring (bicyclic) bond motifs is 1. The number of ether oxygens (including phenoxy) is 4. The maximum atomic E-state index is 13.6. The van der Waals surface area contributed by atoms with E-state index in [1.54, 1.807) is 28.4 Å². The highest BCUT2D eigenvalue weighted by Crippen LogP contribution is 2.31. The second-order valence-corrected chi connectivity index (χ2v) is 11.2. The number of carbonyl (C=O) groups excluding carboxylic acids is 2. The Kier molecular flexibility index (Phi) is 9.72. The van der Waals surface area contributed by atoms with Gasteiger partial charge in [0.15, 0.2) is 23.0 Å². The molecule has 228 valence electrons. The first-order valence-electron chi connectivity index (χ1n) is 14.7. The van der Waals surface area contributed by atoms with Crippen LogP contribution in [0.25, 0.3) is 0 Å². The fourth-order valence-electron chi connectivity index (χ4n) is 6.15. The third kappa shape index (κ3) is 7.22. The van der Waals surface area contributed by atoms with E-state index in [4.69, 9.17) is 18.9 Å². The van der Waals surface area contributed by atoms with E-state index in [0.717, 1.165) is 36.1 Å². The average Bonchev–Trinajstić information content (AvgIpc) is 3.51. The summed E-state index contributed by atoms with van der Waals surface area (Å²) >= 11 is 0. The normalized spacial score (nSPS) is 18.0. The topological polar surface area (TPSA) is 98.4 Å². The van der Waals surface area contributed by atoms with Gasteiger partial charge >= 0.3 is 0 Å². The summed E-state index contributed by atoms with van der Waals surface area (Å²) in [7, 11) is 6.40. The van der Waals surface area contributed by atoms with Gasteiger partial charge in [-0.05, 0) is 84.3 Å². The molecule has 1 fully saturated rings. The van der Waals surface area contributed by atoms with Crippen LogP contribution in [0.2, 0.25) is 0 Å². The number of nitrogens with zero attached hydrogens (tertiary/aromatic N) is 1. The van der Waals surface area contributed by atoms with Crippen LogP contribution in [0.5, 0.6) is 23.0 Å². The Morgan fingerprint density at radius 2 is 1.33 bits per heavy atom. The number of piperidine rings is 1. The van der Waals surface area contributed by atoms with Gasteiger partial charge in [-0.3, -0.25) is 14.5 Å². The third-order valence-corrected chi connectivity index (χ3v) is 8.40. The summed E-state index contributed by atoms with van der Waals surface area (Å²) in [6.45, 7) is 2.00. The Labute approximate surface area is 253 Å². The van der Waals surface area contributed by atoms with Crippen molar-refractivity contribution >= 4 is 17.5 Å². The number of amides is 2. The van der Waals surface area contributed by atoms with E-state index in [1.807, 2.05) is 42.5 Å². The minimum atomic E-state index is -0.357. The Morgan fingerprint density at radius 1 is 0.721 bits per heavy atom. The summed E-state index contributed by atoms with van der Waals surface area (Å²) in [6, 6.07) is 17.6. The standard InChI is InChI=1S/C34H41N3O6/c1-40-29-12-8-22(14-31(29)42-3)18-35-33(38)26-16-27(34(39)36-28-11-10-24-6-5-7-25(24)17-28)21-37(20-26)19-23-9-13-30(41-2)32(15-23)43-4/h8-15,17,26-27H,5-7,16,18-21H2,1-4H3,(H,35,38)(H,36,39)/t26-,27+/m0/s1. The summed E-state index contributed by atoms with van der Waals surface area (Å²) in [5.74, 6) is 1.69. The molecule has 1 aliphatic carbocycles. The van der Waals surface area contributed by atoms with Crippen LogP contribution in [0, 0.1) is 11.8 Å². The van der Waals surface area contributed by atoms with Crippen molar-refractivity contribution in [2.45, 2.75) is 38.8 Å². The molecule has 1 saturated heterocycles. The molecule has 43 heavy (non-hydrogen) atoms. The Hall–Kier alpha value is -4.24. The van der Waals surface area contributed by atoms with Gasteiger partial charge in [-0.1, -0.05) is 18.2 Å². The van der Waals surface area contributed by atoms with Crippen molar-refractivity contribution in [1.82, 2.24) is 10.2 Å². The maximum Gasteiger partial charge on any atom is 0.228 e. The van der Waals surface area contributed by atoms with E-state index in [9.17, 15) is 9.59 Å². The molecule has 0 radical (unpaired) electrons. The molecule has 2 atom stereocenters. The fourth-order valence-corrected chi connectivity index (χ4v) is 6.15. The van der Waals surface area contributed by atoms with Crippen molar-refractivity contribution in [3.8, 4) is 23.0 Å². The van der Waals surface area contributed by atoms with Crippen LogP contribution in [-0.4, -0.2) is 58.2 Å². The number of benzene rings is 3. The van der Waals surface area contributed by atoms with Gasteiger partial charge in [0, 0.05) is 31.9 Å². The number of hydrogen-bond donors (Lipinski definition) is 2. The fraction of sp³-hybridized carbons (Fsp3) is 0.412. The van der Waals surface area contributed by atoms with Gasteiger partial charge < -0.3 is 29.6 Å². The minimum absolute atomic E-state index is 0.0624. The van der Waals surface area contributed by atoms with Crippen molar-refractivity contribution in [2.24, 2.45) is 11.8 Å². The average molecular weight is 588 g/mol. The molecule has 0 saturated carbocycles. The predicted octanol–water partition coefficient (Wildman–Crippen LogP) is 4.60. The van der Waals surface area contributed by atoms with E-state index in [-0.39, 0.29) is 23.7 Å². The lowest BCUT2D eigenvalue weighted by molar-refractivity contribution is -0.130. The predicted molar refractivity (Wildman–Crippen MR) is 165 cm³/mol. The molecule has 2 amide bonds. The highest BCUT2D eigenvalue weighted by molar-refractivity contribution is 5.93. The van der Waals surface area contributed by atoms with Crippen LogP contribution in [0.15, 0.2) is 54.6 Å². The van der Waals surface area contributed by atoms with E-state index in [1.165, 1.54) is 11.1 Å². The molecule has 3 aromatic rings. The Bertz CT molecular complexity index is 1460. The first kappa shape index (κ1) is 30.2. The summed E-state index contributed by atoms with van der Waals surface area (Å²) in [5.41, 5.74) is 5.40. The molecule has 0 aromatic heterocycles. The molecule has 9 heteroatoms. The quantitative estimate of drug-likeness (QED) is 0.338. The lowest BCUT2D eigenvalue weighted by atomic mass is 9.87. The summed E-state index contributed by atoms with van der Waals surface area (Å²) < 4.78 is 21.6. The van der Waals surface area contributed by atoms with Crippen LogP contribution in [0.3, 0.4) is 0 Å². The molecular weight excluding hydrogens is 546 g/mol. The van der Waals surface area contributed by atoms with E-state index in [0.29, 0.717) is 55.6 Å². The molecule has 9 nitrogen and oxygen atoms in total. The second-order valence-electron chi connectivity index (χ2n) is 11.2. The zero-order valence-corrected chi connectivity index (χ0v) is 25.4. The van der Waals surface area contributed by atoms with Gasteiger partial charge in [0.25, 0.3) is 0 Å². The number of rotatable bonds is 11. The molecule has 2 N–H and O–H groups in total. The van der Waals surface area contributed by atoms with E-state index >= 15 is 0 Å². The first-order chi connectivity index (χ1) is 20.9. The first-order valence-corrected chi connectivity index (χ1v) is 14.7. The van der Waals surface area contributed by atoms with Crippen molar-refractivity contribution in [3.05, 3.63) is 76.9 Å². The number of carbonyl (C=O) groups is 2. The van der Waals surface area contributed by atoms with Crippen LogP contribution < -0.4 is 29.6 Å². The van der Waals surface area contributed by atoms with Crippen LogP contribution in [0.1, 0.15) is 35.1 Å². The van der Waals surface area contributed by atoms with Crippen molar-refractivity contribution in [2.75, 3.05) is 46.8 Å². The summed E-state index contributed by atoms with van der Waals surface area (Å²) in [6.07, 6.45) is 3.76. The Morgan fingerprint density at radius 3 is 2.00 bits per heavy atom. The molecule has 0 bridgehead atoms. The van der Waals surface area contributed by atoms with Gasteiger partial charge in [-0.15, -0.1) is 0 Å². The smallest absolute Gasteiger partial charge is 0.228 e. The summed E-state index contributed by atoms with van der Waals surface area (Å²) in [4.78, 5) is 29.3. The van der Waals surface area contributed by atoms with Crippen molar-refractivity contribution in [1.29, 1.82) is 0 Å². The second kappa shape index (κ2) is 13.8. The highest BCUT2D eigenvalue weighted by Gasteiger charge is 2.35. The zero-order chi connectivity index (χ0) is 30.3. The number of anilines is 1. The van der Waals surface area contributed by atoms with Gasteiger partial charge in [-0.25, -0.2) is 0 Å². The molecule has 3 aromatic carbocycles.